The van der Waals surface area contributed by atoms with Crippen LogP contribution in [-0.2, 0) is 12.8 Å². The van der Waals surface area contributed by atoms with Gasteiger partial charge in [0.05, 0.1) is 11.6 Å². The molecule has 0 saturated carbocycles. The Morgan fingerprint density at radius 3 is 2.50 bits per heavy atom. The molecule has 0 fully saturated rings. The molecule has 1 nitrogen and oxygen atoms in total. The third kappa shape index (κ3) is 2.34. The van der Waals surface area contributed by atoms with E-state index in [-0.39, 0.29) is 0 Å². The van der Waals surface area contributed by atoms with Gasteiger partial charge in [-0.3, -0.25) is 0 Å². The van der Waals surface area contributed by atoms with Crippen LogP contribution in [0.5, 0.6) is 0 Å². The predicted octanol–water partition coefficient (Wildman–Crippen LogP) is 3.02. The fraction of sp³-hybridized carbons (Fsp3) is 0.154. The molecule has 14 heavy (non-hydrogen) atoms. The van der Waals surface area contributed by atoms with E-state index in [1.54, 1.807) is 0 Å². The van der Waals surface area contributed by atoms with E-state index in [0.29, 0.717) is 0 Å². The molecule has 0 unspecified atom stereocenters. The monoisotopic (exact) mass is 183 g/mol. The molecule has 1 aromatic rings. The molecule has 0 bridgehead atoms. The Morgan fingerprint density at radius 2 is 1.93 bits per heavy atom. The Balaban J connectivity index is 3.07. The standard InChI is InChI=1S/C13H13N/c1-3-5-11-7-8-13(10-14)12(9-11)6-4-2/h3-4,7-9H,1-2,5-6H2. The van der Waals surface area contributed by atoms with Gasteiger partial charge >= 0.3 is 0 Å². The Hall–Kier alpha value is -1.81. The summed E-state index contributed by atoms with van der Waals surface area (Å²) in [4.78, 5) is 0. The first-order chi connectivity index (χ1) is 6.81. The average molecular weight is 183 g/mol. The van der Waals surface area contributed by atoms with Gasteiger partial charge in [0, 0.05) is 0 Å². The van der Waals surface area contributed by atoms with Crippen molar-refractivity contribution in [1.29, 1.82) is 5.26 Å². The van der Waals surface area contributed by atoms with Crippen molar-refractivity contribution in [1.82, 2.24) is 0 Å². The second kappa shape index (κ2) is 5.04. The van der Waals surface area contributed by atoms with Crippen molar-refractivity contribution in [2.75, 3.05) is 0 Å². The van der Waals surface area contributed by atoms with E-state index in [1.165, 1.54) is 5.56 Å². The van der Waals surface area contributed by atoms with Gasteiger partial charge in [0.2, 0.25) is 0 Å². The highest BCUT2D eigenvalue weighted by molar-refractivity contribution is 5.41. The van der Waals surface area contributed by atoms with Gasteiger partial charge in [-0.2, -0.15) is 5.26 Å². The number of benzene rings is 1. The van der Waals surface area contributed by atoms with E-state index in [2.05, 4.69) is 19.2 Å². The summed E-state index contributed by atoms with van der Waals surface area (Å²) in [6, 6.07) is 8.04. The molecule has 0 heterocycles. The third-order valence-electron chi connectivity index (χ3n) is 2.03. The summed E-state index contributed by atoms with van der Waals surface area (Å²) >= 11 is 0. The molecule has 0 amide bonds. The van der Waals surface area contributed by atoms with Crippen LogP contribution in [0.4, 0.5) is 0 Å². The highest BCUT2D eigenvalue weighted by atomic mass is 14.2. The quantitative estimate of drug-likeness (QED) is 0.658. The molecular formula is C13H13N. The summed E-state index contributed by atoms with van der Waals surface area (Å²) in [7, 11) is 0. The lowest BCUT2D eigenvalue weighted by Crippen LogP contribution is -1.91. The van der Waals surface area contributed by atoms with Crippen LogP contribution in [0.2, 0.25) is 0 Å². The molecule has 0 spiro atoms. The van der Waals surface area contributed by atoms with Crippen molar-refractivity contribution in [3.8, 4) is 6.07 Å². The fourth-order valence-electron chi connectivity index (χ4n) is 1.37. The van der Waals surface area contributed by atoms with E-state index < -0.39 is 0 Å². The number of rotatable bonds is 4. The van der Waals surface area contributed by atoms with Crippen LogP contribution >= 0.6 is 0 Å². The van der Waals surface area contributed by atoms with Gasteiger partial charge in [-0.15, -0.1) is 13.2 Å². The van der Waals surface area contributed by atoms with E-state index >= 15 is 0 Å². The number of hydrogen-bond donors (Lipinski definition) is 0. The number of hydrogen-bond acceptors (Lipinski definition) is 1. The molecule has 0 aliphatic heterocycles. The fourth-order valence-corrected chi connectivity index (χ4v) is 1.37. The molecule has 0 N–H and O–H groups in total. The van der Waals surface area contributed by atoms with Gasteiger partial charge in [0.1, 0.15) is 0 Å². The van der Waals surface area contributed by atoms with E-state index in [0.717, 1.165) is 24.0 Å². The van der Waals surface area contributed by atoms with Crippen molar-refractivity contribution in [3.05, 3.63) is 60.2 Å². The van der Waals surface area contributed by atoms with E-state index in [1.807, 2.05) is 30.4 Å². The lowest BCUT2D eigenvalue weighted by molar-refractivity contribution is 1.19. The van der Waals surface area contributed by atoms with Crippen LogP contribution < -0.4 is 0 Å². The van der Waals surface area contributed by atoms with Gasteiger partial charge in [-0.25, -0.2) is 0 Å². The number of nitriles is 1. The topological polar surface area (TPSA) is 23.8 Å². The zero-order valence-corrected chi connectivity index (χ0v) is 8.16. The highest BCUT2D eigenvalue weighted by Crippen LogP contribution is 2.13. The molecule has 0 aliphatic rings. The summed E-state index contributed by atoms with van der Waals surface area (Å²) in [5, 5.41) is 8.86. The first-order valence-corrected chi connectivity index (χ1v) is 4.55. The molecule has 1 aromatic carbocycles. The van der Waals surface area contributed by atoms with Gasteiger partial charge < -0.3 is 0 Å². The van der Waals surface area contributed by atoms with Gasteiger partial charge in [-0.05, 0) is 30.0 Å². The van der Waals surface area contributed by atoms with Gasteiger partial charge in [0.15, 0.2) is 0 Å². The smallest absolute Gasteiger partial charge is 0.0994 e. The second-order valence-corrected chi connectivity index (χ2v) is 3.09. The minimum absolute atomic E-state index is 0.734. The van der Waals surface area contributed by atoms with Crippen molar-refractivity contribution < 1.29 is 0 Å². The SMILES string of the molecule is C=CCc1ccc(C#N)c(CC=C)c1. The molecule has 0 aliphatic carbocycles. The molecule has 1 rings (SSSR count). The minimum atomic E-state index is 0.734. The minimum Gasteiger partial charge on any atom is -0.192 e. The van der Waals surface area contributed by atoms with Gasteiger partial charge in [0.25, 0.3) is 0 Å². The maximum Gasteiger partial charge on any atom is 0.0994 e. The van der Waals surface area contributed by atoms with Crippen LogP contribution in [0, 0.1) is 11.3 Å². The predicted molar refractivity (Wildman–Crippen MR) is 59.0 cm³/mol. The Kier molecular flexibility index (Phi) is 3.69. The zero-order chi connectivity index (χ0) is 10.4. The summed E-state index contributed by atoms with van der Waals surface area (Å²) < 4.78 is 0. The average Bonchev–Trinajstić information content (AvgIpc) is 2.19. The zero-order valence-electron chi connectivity index (χ0n) is 8.16. The first-order valence-electron chi connectivity index (χ1n) is 4.55. The van der Waals surface area contributed by atoms with Gasteiger partial charge in [-0.1, -0.05) is 24.3 Å². The van der Waals surface area contributed by atoms with Crippen LogP contribution in [-0.4, -0.2) is 0 Å². The van der Waals surface area contributed by atoms with Crippen LogP contribution in [0.3, 0.4) is 0 Å². The highest BCUT2D eigenvalue weighted by Gasteiger charge is 2.00. The number of allylic oxidation sites excluding steroid dienone is 2. The molecule has 0 atom stereocenters. The van der Waals surface area contributed by atoms with E-state index in [9.17, 15) is 0 Å². The van der Waals surface area contributed by atoms with Crippen molar-refractivity contribution in [2.45, 2.75) is 12.8 Å². The Morgan fingerprint density at radius 1 is 1.21 bits per heavy atom. The Labute approximate surface area is 85.0 Å². The van der Waals surface area contributed by atoms with Crippen LogP contribution in [0.25, 0.3) is 0 Å². The summed E-state index contributed by atoms with van der Waals surface area (Å²) in [5.74, 6) is 0. The molecule has 1 heteroatoms. The largest absolute Gasteiger partial charge is 0.192 e. The lowest BCUT2D eigenvalue weighted by atomic mass is 10.0. The molecule has 0 radical (unpaired) electrons. The summed E-state index contributed by atoms with van der Waals surface area (Å²) in [5.41, 5.74) is 2.97. The second-order valence-electron chi connectivity index (χ2n) is 3.09. The normalized spacial score (nSPS) is 9.07. The lowest BCUT2D eigenvalue weighted by Gasteiger charge is -2.03. The molecule has 0 saturated heterocycles. The van der Waals surface area contributed by atoms with Crippen molar-refractivity contribution in [2.24, 2.45) is 0 Å². The van der Waals surface area contributed by atoms with Crippen LogP contribution in [0.1, 0.15) is 16.7 Å². The summed E-state index contributed by atoms with van der Waals surface area (Å²) in [6.45, 7) is 7.37. The van der Waals surface area contributed by atoms with Crippen LogP contribution in [0.15, 0.2) is 43.5 Å². The summed E-state index contributed by atoms with van der Waals surface area (Å²) in [6.07, 6.45) is 5.26. The molecule has 0 aromatic heterocycles. The number of nitrogens with zero attached hydrogens (tertiary/aromatic N) is 1. The molecule has 70 valence electrons. The van der Waals surface area contributed by atoms with Crippen molar-refractivity contribution >= 4 is 0 Å². The third-order valence-corrected chi connectivity index (χ3v) is 2.03. The van der Waals surface area contributed by atoms with E-state index in [4.69, 9.17) is 5.26 Å². The maximum absolute atomic E-state index is 8.86. The Bertz CT molecular complexity index is 383. The van der Waals surface area contributed by atoms with Crippen molar-refractivity contribution in [3.63, 3.8) is 0 Å². The molecular weight excluding hydrogens is 170 g/mol. The maximum atomic E-state index is 8.86. The first kappa shape index (κ1) is 10.3.